The number of hydrogen-bond acceptors (Lipinski definition) is 3. The maximum atomic E-state index is 13.3. The summed E-state index contributed by atoms with van der Waals surface area (Å²) in [5.41, 5.74) is 1.98. The Morgan fingerprint density at radius 3 is 1.96 bits per heavy atom. The van der Waals surface area contributed by atoms with Crippen LogP contribution in [0.25, 0.3) is 0 Å². The minimum Gasteiger partial charge on any atom is -0.367 e. The van der Waals surface area contributed by atoms with Crippen LogP contribution in [0.1, 0.15) is 30.6 Å². The van der Waals surface area contributed by atoms with Crippen LogP contribution in [0.5, 0.6) is 0 Å². The van der Waals surface area contributed by atoms with Crippen molar-refractivity contribution in [2.45, 2.75) is 19.4 Å². The molecular formula is C22H28ClFN2O. The van der Waals surface area contributed by atoms with Gasteiger partial charge in [0.2, 0.25) is 0 Å². The monoisotopic (exact) mass is 390 g/mol. The van der Waals surface area contributed by atoms with Crippen LogP contribution in [0, 0.1) is 5.82 Å². The third-order valence-electron chi connectivity index (χ3n) is 5.04. The number of halogens is 2. The zero-order chi connectivity index (χ0) is 19.1. The van der Waals surface area contributed by atoms with Gasteiger partial charge >= 0.3 is 0 Å². The highest BCUT2D eigenvalue weighted by molar-refractivity contribution is 6.30. The van der Waals surface area contributed by atoms with Gasteiger partial charge in [-0.3, -0.25) is 4.90 Å². The van der Waals surface area contributed by atoms with Gasteiger partial charge in [0, 0.05) is 37.7 Å². The summed E-state index contributed by atoms with van der Waals surface area (Å²) in [6.45, 7) is 9.40. The molecule has 1 atom stereocenters. The molecule has 0 aromatic heterocycles. The molecule has 3 nitrogen and oxygen atoms in total. The lowest BCUT2D eigenvalue weighted by Crippen LogP contribution is -2.47. The van der Waals surface area contributed by atoms with Crippen LogP contribution in [0.2, 0.25) is 5.02 Å². The molecule has 3 rings (SSSR count). The quantitative estimate of drug-likeness (QED) is 0.654. The van der Waals surface area contributed by atoms with E-state index in [9.17, 15) is 4.39 Å². The Kier molecular flexibility index (Phi) is 7.65. The van der Waals surface area contributed by atoms with Gasteiger partial charge in [-0.25, -0.2) is 4.39 Å². The fourth-order valence-electron chi connectivity index (χ4n) is 3.51. The van der Waals surface area contributed by atoms with Crippen LogP contribution in [0.4, 0.5) is 4.39 Å². The summed E-state index contributed by atoms with van der Waals surface area (Å²) in [6, 6.07) is 14.2. The van der Waals surface area contributed by atoms with Crippen molar-refractivity contribution in [2.24, 2.45) is 0 Å². The molecule has 1 saturated heterocycles. The minimum atomic E-state index is -0.237. The van der Waals surface area contributed by atoms with Gasteiger partial charge in [0.25, 0.3) is 0 Å². The van der Waals surface area contributed by atoms with Crippen molar-refractivity contribution in [3.63, 3.8) is 0 Å². The summed E-state index contributed by atoms with van der Waals surface area (Å²) < 4.78 is 19.6. The van der Waals surface area contributed by atoms with E-state index in [-0.39, 0.29) is 11.9 Å². The molecule has 0 spiro atoms. The predicted octanol–water partition coefficient (Wildman–Crippen LogP) is 4.61. The molecule has 27 heavy (non-hydrogen) atoms. The summed E-state index contributed by atoms with van der Waals surface area (Å²) in [5.74, 6) is -0.237. The van der Waals surface area contributed by atoms with E-state index in [1.807, 2.05) is 24.3 Å². The first-order chi connectivity index (χ1) is 13.2. The number of nitrogens with zero attached hydrogens (tertiary/aromatic N) is 2. The van der Waals surface area contributed by atoms with Crippen molar-refractivity contribution in [3.05, 3.63) is 70.5 Å². The topological polar surface area (TPSA) is 15.7 Å². The maximum absolute atomic E-state index is 13.3. The Labute approximate surface area is 166 Å². The number of benzene rings is 2. The lowest BCUT2D eigenvalue weighted by atomic mass is 10.0. The average Bonchev–Trinajstić information content (AvgIpc) is 2.69. The van der Waals surface area contributed by atoms with Gasteiger partial charge in [-0.2, -0.15) is 0 Å². The molecule has 1 fully saturated rings. The van der Waals surface area contributed by atoms with Gasteiger partial charge in [0.1, 0.15) is 11.9 Å². The third-order valence-corrected chi connectivity index (χ3v) is 5.29. The Balaban J connectivity index is 1.59. The molecule has 0 amide bonds. The second-order valence-corrected chi connectivity index (χ2v) is 7.47. The van der Waals surface area contributed by atoms with Crippen LogP contribution < -0.4 is 0 Å². The summed E-state index contributed by atoms with van der Waals surface area (Å²) in [6.07, 6.45) is 0.994. The zero-order valence-electron chi connectivity index (χ0n) is 15.9. The van der Waals surface area contributed by atoms with Gasteiger partial charge in [-0.05, 0) is 48.4 Å². The summed E-state index contributed by atoms with van der Waals surface area (Å²) >= 11 is 6.02. The normalized spacial score (nSPS) is 17.1. The Morgan fingerprint density at radius 1 is 0.889 bits per heavy atom. The molecule has 0 N–H and O–H groups in total. The lowest BCUT2D eigenvalue weighted by Gasteiger charge is -2.34. The van der Waals surface area contributed by atoms with Crippen LogP contribution in [0.3, 0.4) is 0 Å². The van der Waals surface area contributed by atoms with Crippen LogP contribution in [-0.4, -0.2) is 55.7 Å². The first kappa shape index (κ1) is 20.3. The van der Waals surface area contributed by atoms with E-state index in [0.717, 1.165) is 43.9 Å². The number of rotatable bonds is 8. The molecule has 1 aliphatic rings. The van der Waals surface area contributed by atoms with E-state index in [4.69, 9.17) is 16.3 Å². The largest absolute Gasteiger partial charge is 0.367 e. The highest BCUT2D eigenvalue weighted by Gasteiger charge is 2.18. The predicted molar refractivity (Wildman–Crippen MR) is 109 cm³/mol. The fourth-order valence-corrected chi connectivity index (χ4v) is 3.64. The molecule has 1 unspecified atom stereocenters. The molecule has 2 aromatic carbocycles. The maximum Gasteiger partial charge on any atom is 0.123 e. The standard InChI is InChI=1S/C22H28ClFN2O/c1-2-11-25-12-14-26(15-13-25)16-17-27-22(18-3-7-20(23)8-4-18)19-5-9-21(24)10-6-19/h3-10,22H,2,11-17H2,1H3. The molecule has 0 aliphatic carbocycles. The average molecular weight is 391 g/mol. The Bertz CT molecular complexity index is 639. The van der Waals surface area contributed by atoms with Crippen molar-refractivity contribution in [1.82, 2.24) is 9.80 Å². The van der Waals surface area contributed by atoms with Gasteiger partial charge in [-0.15, -0.1) is 0 Å². The van der Waals surface area contributed by atoms with E-state index in [2.05, 4.69) is 16.7 Å². The second kappa shape index (κ2) is 10.2. The van der Waals surface area contributed by atoms with Crippen LogP contribution in [0.15, 0.2) is 48.5 Å². The van der Waals surface area contributed by atoms with Crippen molar-refractivity contribution in [2.75, 3.05) is 45.9 Å². The highest BCUT2D eigenvalue weighted by Crippen LogP contribution is 2.27. The van der Waals surface area contributed by atoms with Gasteiger partial charge in [-0.1, -0.05) is 42.8 Å². The zero-order valence-corrected chi connectivity index (χ0v) is 16.7. The Morgan fingerprint density at radius 2 is 1.41 bits per heavy atom. The molecule has 2 aromatic rings. The van der Waals surface area contributed by atoms with E-state index < -0.39 is 0 Å². The first-order valence-corrected chi connectivity index (χ1v) is 10.1. The van der Waals surface area contributed by atoms with E-state index in [1.165, 1.54) is 25.1 Å². The first-order valence-electron chi connectivity index (χ1n) is 9.73. The molecule has 1 heterocycles. The smallest absolute Gasteiger partial charge is 0.123 e. The van der Waals surface area contributed by atoms with Gasteiger partial charge < -0.3 is 9.64 Å². The summed E-state index contributed by atoms with van der Waals surface area (Å²) in [4.78, 5) is 4.97. The molecule has 1 aliphatic heterocycles. The lowest BCUT2D eigenvalue weighted by molar-refractivity contribution is 0.0453. The van der Waals surface area contributed by atoms with Gasteiger partial charge in [0.05, 0.1) is 6.61 Å². The van der Waals surface area contributed by atoms with Crippen molar-refractivity contribution >= 4 is 11.6 Å². The number of piperazine rings is 1. The van der Waals surface area contributed by atoms with E-state index >= 15 is 0 Å². The highest BCUT2D eigenvalue weighted by atomic mass is 35.5. The molecule has 0 saturated carbocycles. The van der Waals surface area contributed by atoms with Crippen LogP contribution in [-0.2, 0) is 4.74 Å². The molecule has 146 valence electrons. The van der Waals surface area contributed by atoms with E-state index in [0.29, 0.717) is 11.6 Å². The molecule has 0 radical (unpaired) electrons. The van der Waals surface area contributed by atoms with Gasteiger partial charge in [0.15, 0.2) is 0 Å². The fraction of sp³-hybridized carbons (Fsp3) is 0.455. The van der Waals surface area contributed by atoms with Crippen molar-refractivity contribution in [1.29, 1.82) is 0 Å². The number of hydrogen-bond donors (Lipinski definition) is 0. The Hall–Kier alpha value is -1.46. The second-order valence-electron chi connectivity index (χ2n) is 7.04. The minimum absolute atomic E-state index is 0.218. The molecule has 5 heteroatoms. The summed E-state index contributed by atoms with van der Waals surface area (Å²) in [5, 5.41) is 0.696. The third kappa shape index (κ3) is 6.01. The molecular weight excluding hydrogens is 363 g/mol. The van der Waals surface area contributed by atoms with Crippen LogP contribution >= 0.6 is 11.6 Å². The van der Waals surface area contributed by atoms with Crippen molar-refractivity contribution < 1.29 is 9.13 Å². The number of ether oxygens (including phenoxy) is 1. The molecule has 0 bridgehead atoms. The summed E-state index contributed by atoms with van der Waals surface area (Å²) in [7, 11) is 0. The SMILES string of the molecule is CCCN1CCN(CCOC(c2ccc(F)cc2)c2ccc(Cl)cc2)CC1. The van der Waals surface area contributed by atoms with E-state index in [1.54, 1.807) is 12.1 Å². The van der Waals surface area contributed by atoms with Crippen molar-refractivity contribution in [3.8, 4) is 0 Å².